The fraction of sp³-hybridized carbons (Fsp3) is 1.00. The Balaban J connectivity index is 2.76. The summed E-state index contributed by atoms with van der Waals surface area (Å²) >= 11 is 0. The van der Waals surface area contributed by atoms with Crippen molar-refractivity contribution in [2.75, 3.05) is 13.1 Å². The molecular weight excluding hydrogens is 218 g/mol. The predicted octanol–water partition coefficient (Wildman–Crippen LogP) is 0.457. The molecule has 1 heterocycles. The molecule has 1 saturated heterocycles. The van der Waals surface area contributed by atoms with Gasteiger partial charge in [0, 0.05) is 19.0 Å². The lowest BCUT2D eigenvalue weighted by Gasteiger charge is -2.25. The van der Waals surface area contributed by atoms with Crippen LogP contribution in [0.3, 0.4) is 0 Å². The first-order chi connectivity index (χ1) is 6.76. The zero-order valence-electron chi connectivity index (χ0n) is 9.18. The van der Waals surface area contributed by atoms with Gasteiger partial charge < -0.3 is 10.0 Å². The summed E-state index contributed by atoms with van der Waals surface area (Å²) < 4.78 is 31.0. The molecule has 0 radical (unpaired) electrons. The number of rotatable bonds is 2. The van der Waals surface area contributed by atoms with Crippen molar-refractivity contribution in [1.82, 2.24) is 4.90 Å². The lowest BCUT2D eigenvalue weighted by atomic mass is 10.1. The van der Waals surface area contributed by atoms with Crippen molar-refractivity contribution in [2.24, 2.45) is 0 Å². The van der Waals surface area contributed by atoms with Gasteiger partial charge in [-0.3, -0.25) is 4.55 Å². The lowest BCUT2D eigenvalue weighted by Crippen LogP contribution is -2.40. The van der Waals surface area contributed by atoms with Crippen LogP contribution in [0.1, 0.15) is 33.1 Å². The van der Waals surface area contributed by atoms with Crippen LogP contribution in [0.2, 0.25) is 0 Å². The zero-order valence-corrected chi connectivity index (χ0v) is 10.00. The van der Waals surface area contributed by atoms with Gasteiger partial charge in [0.1, 0.15) is 0 Å². The van der Waals surface area contributed by atoms with E-state index in [1.54, 1.807) is 0 Å². The number of nitrogens with zero attached hydrogens (tertiary/aromatic N) is 1. The maximum atomic E-state index is 11.0. The predicted molar refractivity (Wildman–Crippen MR) is 57.1 cm³/mol. The Labute approximate surface area is 90.8 Å². The highest BCUT2D eigenvalue weighted by molar-refractivity contribution is 7.87. The van der Waals surface area contributed by atoms with Crippen LogP contribution in [0.15, 0.2) is 0 Å². The molecule has 0 bridgehead atoms. The van der Waals surface area contributed by atoms with E-state index in [1.165, 1.54) is 0 Å². The van der Waals surface area contributed by atoms with E-state index in [2.05, 4.69) is 4.90 Å². The van der Waals surface area contributed by atoms with Gasteiger partial charge in [0.2, 0.25) is 0 Å². The molecule has 1 aliphatic heterocycles. The van der Waals surface area contributed by atoms with Crippen LogP contribution in [0, 0.1) is 0 Å². The van der Waals surface area contributed by atoms with E-state index in [0.29, 0.717) is 19.0 Å². The summed E-state index contributed by atoms with van der Waals surface area (Å²) in [6, 6.07) is 0.328. The molecule has 1 atom stereocenters. The third kappa shape index (κ3) is 2.90. The molecule has 1 unspecified atom stereocenters. The van der Waals surface area contributed by atoms with Crippen molar-refractivity contribution in [3.63, 3.8) is 0 Å². The van der Waals surface area contributed by atoms with Crippen LogP contribution in [0.4, 0.5) is 0 Å². The number of aliphatic hydroxyl groups is 1. The van der Waals surface area contributed by atoms with Crippen molar-refractivity contribution in [3.8, 4) is 0 Å². The second kappa shape index (κ2) is 4.37. The molecule has 6 heteroatoms. The Bertz CT molecular complexity index is 314. The van der Waals surface area contributed by atoms with Crippen LogP contribution >= 0.6 is 0 Å². The summed E-state index contributed by atoms with van der Waals surface area (Å²) in [6.45, 7) is 5.30. The van der Waals surface area contributed by atoms with Gasteiger partial charge in [0.05, 0.1) is 0 Å². The van der Waals surface area contributed by atoms with Crippen molar-refractivity contribution in [3.05, 3.63) is 0 Å². The van der Waals surface area contributed by atoms with E-state index < -0.39 is 15.1 Å². The quantitative estimate of drug-likeness (QED) is 0.682. The Morgan fingerprint density at radius 1 is 1.27 bits per heavy atom. The molecule has 2 N–H and O–H groups in total. The van der Waals surface area contributed by atoms with Crippen LogP contribution < -0.4 is 0 Å². The number of hydrogen-bond acceptors (Lipinski definition) is 4. The van der Waals surface area contributed by atoms with Crippen molar-refractivity contribution in [2.45, 2.75) is 44.1 Å². The summed E-state index contributed by atoms with van der Waals surface area (Å²) in [4.78, 5) is 0.153. The summed E-state index contributed by atoms with van der Waals surface area (Å²) in [7, 11) is -4.37. The molecule has 15 heavy (non-hydrogen) atoms. The second-order valence-electron chi connectivity index (χ2n) is 4.40. The van der Waals surface area contributed by atoms with Crippen LogP contribution in [0.25, 0.3) is 0 Å². The Kier molecular flexibility index (Phi) is 3.76. The minimum Gasteiger partial charge on any atom is -0.372 e. The molecule has 0 aromatic rings. The highest BCUT2D eigenvalue weighted by atomic mass is 32.2. The van der Waals surface area contributed by atoms with Gasteiger partial charge in [-0.15, -0.1) is 0 Å². The average Bonchev–Trinajstić information content (AvgIpc) is 2.26. The normalized spacial score (nSPS) is 30.5. The first-order valence-electron chi connectivity index (χ1n) is 5.20. The van der Waals surface area contributed by atoms with E-state index in [1.807, 2.05) is 13.8 Å². The largest absolute Gasteiger partial charge is 0.372 e. The Hall–Kier alpha value is -0.170. The molecule has 90 valence electrons. The molecule has 0 aromatic carbocycles. The minimum atomic E-state index is -4.37. The standard InChI is InChI=1S/C9H19NO4S/c1-8(2)10-6-3-4-9(11,5-7-10)15(12,13)14/h8,11H,3-7H2,1-2H3,(H,12,13,14). The Morgan fingerprint density at radius 2 is 1.87 bits per heavy atom. The molecule has 5 nitrogen and oxygen atoms in total. The number of hydrogen-bond donors (Lipinski definition) is 2. The molecule has 1 rings (SSSR count). The summed E-state index contributed by atoms with van der Waals surface area (Å²) in [5.41, 5.74) is 0. The first kappa shape index (κ1) is 12.9. The average molecular weight is 237 g/mol. The highest BCUT2D eigenvalue weighted by Crippen LogP contribution is 2.27. The topological polar surface area (TPSA) is 77.8 Å². The van der Waals surface area contributed by atoms with Gasteiger partial charge in [0.25, 0.3) is 10.1 Å². The van der Waals surface area contributed by atoms with E-state index in [9.17, 15) is 13.5 Å². The van der Waals surface area contributed by atoms with E-state index in [4.69, 9.17) is 4.55 Å². The Morgan fingerprint density at radius 3 is 2.33 bits per heavy atom. The third-order valence-electron chi connectivity index (χ3n) is 3.01. The molecule has 1 fully saturated rings. The number of likely N-dealkylation sites (tertiary alicyclic amines) is 1. The smallest absolute Gasteiger partial charge is 0.295 e. The van der Waals surface area contributed by atoms with Crippen LogP contribution in [-0.2, 0) is 10.1 Å². The summed E-state index contributed by atoms with van der Waals surface area (Å²) in [5, 5.41) is 9.82. The fourth-order valence-corrected chi connectivity index (χ4v) is 2.64. The monoisotopic (exact) mass is 237 g/mol. The molecule has 0 amide bonds. The maximum Gasteiger partial charge on any atom is 0.295 e. The lowest BCUT2D eigenvalue weighted by molar-refractivity contribution is 0.0948. The van der Waals surface area contributed by atoms with Crippen molar-refractivity contribution < 1.29 is 18.1 Å². The van der Waals surface area contributed by atoms with Gasteiger partial charge in [-0.1, -0.05) is 0 Å². The summed E-state index contributed by atoms with van der Waals surface area (Å²) in [6.07, 6.45) is 0.757. The third-order valence-corrected chi connectivity index (χ3v) is 4.38. The van der Waals surface area contributed by atoms with E-state index in [-0.39, 0.29) is 12.8 Å². The highest BCUT2D eigenvalue weighted by Gasteiger charge is 2.41. The molecule has 0 spiro atoms. The molecule has 0 aromatic heterocycles. The van der Waals surface area contributed by atoms with E-state index >= 15 is 0 Å². The van der Waals surface area contributed by atoms with E-state index in [0.717, 1.165) is 6.54 Å². The summed E-state index contributed by atoms with van der Waals surface area (Å²) in [5.74, 6) is 0. The van der Waals surface area contributed by atoms with Gasteiger partial charge in [0.15, 0.2) is 4.93 Å². The zero-order chi connectivity index (χ0) is 11.7. The van der Waals surface area contributed by atoms with Gasteiger partial charge >= 0.3 is 0 Å². The first-order valence-corrected chi connectivity index (χ1v) is 6.64. The second-order valence-corrected chi connectivity index (χ2v) is 6.11. The van der Waals surface area contributed by atoms with Crippen LogP contribution in [0.5, 0.6) is 0 Å². The SMILES string of the molecule is CC(C)N1CCCC(O)(S(=O)(=O)O)CC1. The van der Waals surface area contributed by atoms with Crippen molar-refractivity contribution in [1.29, 1.82) is 0 Å². The van der Waals surface area contributed by atoms with Gasteiger partial charge in [-0.25, -0.2) is 0 Å². The van der Waals surface area contributed by atoms with Crippen molar-refractivity contribution >= 4 is 10.1 Å². The molecule has 0 saturated carbocycles. The van der Waals surface area contributed by atoms with Crippen LogP contribution in [-0.4, -0.2) is 47.0 Å². The van der Waals surface area contributed by atoms with Gasteiger partial charge in [-0.05, 0) is 33.2 Å². The maximum absolute atomic E-state index is 11.0. The fourth-order valence-electron chi connectivity index (χ4n) is 1.89. The molecule has 0 aliphatic carbocycles. The minimum absolute atomic E-state index is 0.0734. The molecule has 1 aliphatic rings. The molecular formula is C9H19NO4S. The van der Waals surface area contributed by atoms with Gasteiger partial charge in [-0.2, -0.15) is 8.42 Å².